The van der Waals surface area contributed by atoms with Crippen molar-refractivity contribution in [2.24, 2.45) is 0 Å². The zero-order valence-electron chi connectivity index (χ0n) is 18.5. The molecule has 0 unspecified atom stereocenters. The van der Waals surface area contributed by atoms with Crippen molar-refractivity contribution in [3.05, 3.63) is 50.3 Å². The fourth-order valence-corrected chi connectivity index (χ4v) is 5.40. The van der Waals surface area contributed by atoms with Gasteiger partial charge in [-0.1, -0.05) is 16.8 Å². The van der Waals surface area contributed by atoms with Crippen molar-refractivity contribution in [2.75, 3.05) is 11.5 Å². The summed E-state index contributed by atoms with van der Waals surface area (Å²) < 4.78 is 52.3. The molecule has 0 spiro atoms. The van der Waals surface area contributed by atoms with Gasteiger partial charge in [-0.2, -0.15) is 0 Å². The SMILES string of the molecule is Cc1cc2c(cc1CC(=O)c1sccc1S(=O)(=O)Nc1onc(C)c1Cl)OCO2.O=P(O)(O)O.[Na]. The van der Waals surface area contributed by atoms with Crippen LogP contribution in [0.4, 0.5) is 5.88 Å². The number of carbonyl (C=O) groups excluding carboxylic acids is 1. The van der Waals surface area contributed by atoms with E-state index in [0.29, 0.717) is 17.2 Å². The van der Waals surface area contributed by atoms with Crippen LogP contribution in [0.5, 0.6) is 11.5 Å². The quantitative estimate of drug-likeness (QED) is 0.192. The van der Waals surface area contributed by atoms with Gasteiger partial charge in [-0.25, -0.2) is 17.7 Å². The van der Waals surface area contributed by atoms with Gasteiger partial charge < -0.3 is 28.7 Å². The van der Waals surface area contributed by atoms with Crippen LogP contribution in [0.3, 0.4) is 0 Å². The van der Waals surface area contributed by atoms with Crippen LogP contribution in [-0.4, -0.2) is 70.4 Å². The molecule has 0 saturated heterocycles. The normalized spacial score (nSPS) is 12.4. The Labute approximate surface area is 230 Å². The van der Waals surface area contributed by atoms with Gasteiger partial charge in [0.05, 0.1) is 4.88 Å². The standard InChI is InChI=1S/C18H15ClN2O6S2.Na.H3O4P/c1-9-5-13-14(26-8-25-13)7-11(9)6-12(22)17-15(3-4-28-17)29(23,24)21-18-16(19)10(2)20-27-18;;1-5(2,3)4/h3-5,7,21H,6,8H2,1-2H3;;(H3,1,2,3,4). The molecule has 0 amide bonds. The summed E-state index contributed by atoms with van der Waals surface area (Å²) >= 11 is 7.03. The number of Topliss-reactive ketones (excluding diaryl/α,β-unsaturated/α-hetero) is 1. The molecule has 3 aromatic rings. The molecule has 17 heteroatoms. The third kappa shape index (κ3) is 7.76. The number of rotatable bonds is 6. The van der Waals surface area contributed by atoms with Crippen LogP contribution < -0.4 is 14.2 Å². The first-order valence-electron chi connectivity index (χ1n) is 9.19. The molecule has 1 aliphatic rings. The number of nitrogens with zero attached hydrogens (tertiary/aromatic N) is 1. The minimum absolute atomic E-state index is 0. The van der Waals surface area contributed by atoms with Gasteiger partial charge in [0, 0.05) is 36.0 Å². The Hall–Kier alpha value is -1.45. The van der Waals surface area contributed by atoms with Crippen molar-refractivity contribution < 1.29 is 46.5 Å². The number of thiophene rings is 1. The minimum Gasteiger partial charge on any atom is -0.454 e. The Morgan fingerprint density at radius 3 is 2.40 bits per heavy atom. The fraction of sp³-hybridized carbons (Fsp3) is 0.222. The van der Waals surface area contributed by atoms with Crippen LogP contribution in [0.15, 0.2) is 33.0 Å². The van der Waals surface area contributed by atoms with Gasteiger partial charge in [0.15, 0.2) is 17.3 Å². The van der Waals surface area contributed by atoms with Gasteiger partial charge in [-0.3, -0.25) is 4.79 Å². The maximum Gasteiger partial charge on any atom is 0.466 e. The second-order valence-electron chi connectivity index (χ2n) is 6.88. The summed E-state index contributed by atoms with van der Waals surface area (Å²) in [5, 5.41) is 5.22. The zero-order valence-corrected chi connectivity index (χ0v) is 23.8. The molecule has 4 rings (SSSR count). The molecule has 1 aromatic carbocycles. The number of ether oxygens (including phenoxy) is 2. The first kappa shape index (κ1) is 29.8. The average molecular weight is 576 g/mol. The summed E-state index contributed by atoms with van der Waals surface area (Å²) in [6.07, 6.45) is 0.0215. The first-order valence-corrected chi connectivity index (χ1v) is 13.5. The predicted octanol–water partition coefficient (Wildman–Crippen LogP) is 2.65. The van der Waals surface area contributed by atoms with Crippen molar-refractivity contribution in [3.63, 3.8) is 0 Å². The van der Waals surface area contributed by atoms with Crippen LogP contribution in [0, 0.1) is 13.8 Å². The van der Waals surface area contributed by atoms with E-state index in [2.05, 4.69) is 9.88 Å². The van der Waals surface area contributed by atoms with Gasteiger partial charge in [0.1, 0.15) is 15.6 Å². The van der Waals surface area contributed by atoms with Crippen molar-refractivity contribution >= 4 is 82.0 Å². The number of hydrogen-bond acceptors (Lipinski definition) is 9. The monoisotopic (exact) mass is 575 g/mol. The molecule has 185 valence electrons. The minimum atomic E-state index is -4.64. The molecule has 2 aromatic heterocycles. The predicted molar refractivity (Wildman–Crippen MR) is 127 cm³/mol. The van der Waals surface area contributed by atoms with Gasteiger partial charge in [-0.15, -0.1) is 11.3 Å². The molecule has 4 N–H and O–H groups in total. The van der Waals surface area contributed by atoms with E-state index in [-0.39, 0.29) is 69.2 Å². The Bertz CT molecular complexity index is 1380. The Balaban J connectivity index is 0.000000656. The number of aryl methyl sites for hydroxylation is 2. The van der Waals surface area contributed by atoms with E-state index < -0.39 is 17.8 Å². The number of nitrogens with one attached hydrogen (secondary N) is 1. The number of halogens is 1. The average Bonchev–Trinajstić information content (AvgIpc) is 3.44. The van der Waals surface area contributed by atoms with Crippen molar-refractivity contribution in [1.82, 2.24) is 5.16 Å². The van der Waals surface area contributed by atoms with Gasteiger partial charge >= 0.3 is 7.82 Å². The largest absolute Gasteiger partial charge is 0.466 e. The molecule has 0 saturated carbocycles. The third-order valence-electron chi connectivity index (χ3n) is 4.37. The molecular weight excluding hydrogens is 558 g/mol. The summed E-state index contributed by atoms with van der Waals surface area (Å²) in [6.45, 7) is 3.57. The van der Waals surface area contributed by atoms with E-state index in [1.807, 2.05) is 6.92 Å². The van der Waals surface area contributed by atoms with Crippen LogP contribution in [-0.2, 0) is 21.0 Å². The van der Waals surface area contributed by atoms with E-state index in [1.54, 1.807) is 24.4 Å². The van der Waals surface area contributed by atoms with Crippen molar-refractivity contribution in [3.8, 4) is 11.5 Å². The Kier molecular flexibility index (Phi) is 9.98. The first-order chi connectivity index (χ1) is 15.8. The molecule has 35 heavy (non-hydrogen) atoms. The molecule has 0 aliphatic carbocycles. The number of phosphoric acid groups is 1. The van der Waals surface area contributed by atoms with Crippen molar-refractivity contribution in [2.45, 2.75) is 25.2 Å². The summed E-state index contributed by atoms with van der Waals surface area (Å²) in [7, 11) is -8.73. The Morgan fingerprint density at radius 2 is 1.83 bits per heavy atom. The molecule has 0 fully saturated rings. The number of ketones is 1. The van der Waals surface area contributed by atoms with Gasteiger partial charge in [-0.05, 0) is 48.6 Å². The number of sulfonamides is 1. The van der Waals surface area contributed by atoms with E-state index in [0.717, 1.165) is 22.5 Å². The maximum atomic E-state index is 12.9. The van der Waals surface area contributed by atoms with Crippen LogP contribution >= 0.6 is 30.8 Å². The van der Waals surface area contributed by atoms with Gasteiger partial charge in [0.2, 0.25) is 6.79 Å². The smallest absolute Gasteiger partial charge is 0.454 e. The van der Waals surface area contributed by atoms with E-state index in [9.17, 15) is 13.2 Å². The number of fused-ring (bicyclic) bond motifs is 1. The topological polar surface area (TPSA) is 185 Å². The van der Waals surface area contributed by atoms with E-state index >= 15 is 0 Å². The number of aromatic nitrogens is 1. The number of hydrogen-bond donors (Lipinski definition) is 4. The van der Waals surface area contributed by atoms with E-state index in [1.165, 1.54) is 6.07 Å². The molecule has 12 nitrogen and oxygen atoms in total. The fourth-order valence-electron chi connectivity index (χ4n) is 2.84. The summed E-state index contributed by atoms with van der Waals surface area (Å²) in [4.78, 5) is 34.4. The molecule has 0 atom stereocenters. The second kappa shape index (κ2) is 11.7. The molecular formula is C18H18ClN2NaO10PS2. The summed E-state index contributed by atoms with van der Waals surface area (Å²) in [5.74, 6) is 0.665. The maximum absolute atomic E-state index is 12.9. The van der Waals surface area contributed by atoms with Gasteiger partial charge in [0.25, 0.3) is 15.9 Å². The second-order valence-corrected chi connectivity index (χ2v) is 10.8. The molecule has 1 aliphatic heterocycles. The summed E-state index contributed by atoms with van der Waals surface area (Å²) in [5.41, 5.74) is 1.94. The van der Waals surface area contributed by atoms with Crippen LogP contribution in [0.25, 0.3) is 0 Å². The molecule has 1 radical (unpaired) electrons. The van der Waals surface area contributed by atoms with Crippen LogP contribution in [0.2, 0.25) is 5.02 Å². The Morgan fingerprint density at radius 1 is 1.23 bits per heavy atom. The van der Waals surface area contributed by atoms with E-state index in [4.69, 9.17) is 44.8 Å². The summed E-state index contributed by atoms with van der Waals surface area (Å²) in [6, 6.07) is 4.91. The van der Waals surface area contributed by atoms with Crippen LogP contribution in [0.1, 0.15) is 26.5 Å². The molecule has 0 bridgehead atoms. The molecule has 3 heterocycles. The zero-order chi connectivity index (χ0) is 25.3. The van der Waals surface area contributed by atoms with Crippen molar-refractivity contribution in [1.29, 1.82) is 0 Å². The number of anilines is 1. The third-order valence-corrected chi connectivity index (χ3v) is 7.28. The number of carbonyl (C=O) groups is 1. The number of benzene rings is 1.